The van der Waals surface area contributed by atoms with Crippen LogP contribution >= 0.6 is 11.6 Å². The summed E-state index contributed by atoms with van der Waals surface area (Å²) < 4.78 is 18.4. The van der Waals surface area contributed by atoms with Crippen molar-refractivity contribution in [3.8, 4) is 0 Å². The lowest BCUT2D eigenvalue weighted by atomic mass is 10.4. The fourth-order valence-corrected chi connectivity index (χ4v) is 1.48. The van der Waals surface area contributed by atoms with Gasteiger partial charge in [-0.15, -0.1) is 0 Å². The Bertz CT molecular complexity index is 341. The van der Waals surface area contributed by atoms with Gasteiger partial charge in [0.1, 0.15) is 0 Å². The van der Waals surface area contributed by atoms with E-state index in [2.05, 4.69) is 0 Å². The highest BCUT2D eigenvalue weighted by Gasteiger charge is 2.00. The standard InChI is InChI=1S/C7H8ClNOS/c1-11(9,10)7-4-2-6(8)3-5-7/h2-5,9H,1H3. The van der Waals surface area contributed by atoms with Crippen molar-refractivity contribution in [1.29, 1.82) is 4.78 Å². The molecule has 0 aliphatic carbocycles. The molecule has 0 saturated heterocycles. The lowest BCUT2D eigenvalue weighted by molar-refractivity contribution is 0.679. The molecule has 0 saturated carbocycles. The normalized spacial score (nSPS) is 15.8. The Morgan fingerprint density at radius 1 is 1.36 bits per heavy atom. The summed E-state index contributed by atoms with van der Waals surface area (Å²) in [4.78, 5) is 0.516. The quantitative estimate of drug-likeness (QED) is 0.724. The summed E-state index contributed by atoms with van der Waals surface area (Å²) in [6.45, 7) is 0. The highest BCUT2D eigenvalue weighted by Crippen LogP contribution is 2.13. The number of halogens is 1. The van der Waals surface area contributed by atoms with Crippen molar-refractivity contribution in [2.24, 2.45) is 0 Å². The summed E-state index contributed by atoms with van der Waals surface area (Å²) in [5, 5.41) is 0.595. The molecule has 1 aromatic carbocycles. The molecule has 0 heterocycles. The number of hydrogen-bond donors (Lipinski definition) is 1. The van der Waals surface area contributed by atoms with E-state index < -0.39 is 9.73 Å². The smallest absolute Gasteiger partial charge is 0.0696 e. The number of rotatable bonds is 1. The van der Waals surface area contributed by atoms with Crippen molar-refractivity contribution in [3.05, 3.63) is 29.3 Å². The van der Waals surface area contributed by atoms with Gasteiger partial charge in [-0.1, -0.05) is 11.6 Å². The average Bonchev–Trinajstić information content (AvgIpc) is 1.86. The molecule has 1 aromatic rings. The summed E-state index contributed by atoms with van der Waals surface area (Å²) in [5.74, 6) is 0. The van der Waals surface area contributed by atoms with Crippen molar-refractivity contribution in [3.63, 3.8) is 0 Å². The van der Waals surface area contributed by atoms with Gasteiger partial charge >= 0.3 is 0 Å². The van der Waals surface area contributed by atoms with Crippen LogP contribution in [0.5, 0.6) is 0 Å². The SMILES string of the molecule is CS(=N)(=O)c1ccc(Cl)cc1. The van der Waals surface area contributed by atoms with Gasteiger partial charge in [0.2, 0.25) is 0 Å². The zero-order valence-electron chi connectivity index (χ0n) is 6.00. The van der Waals surface area contributed by atoms with Gasteiger partial charge in [-0.3, -0.25) is 0 Å². The zero-order valence-corrected chi connectivity index (χ0v) is 7.58. The number of benzene rings is 1. The topological polar surface area (TPSA) is 40.9 Å². The molecule has 60 valence electrons. The molecule has 2 nitrogen and oxygen atoms in total. The van der Waals surface area contributed by atoms with E-state index in [1.54, 1.807) is 24.3 Å². The van der Waals surface area contributed by atoms with E-state index in [1.165, 1.54) is 6.26 Å². The van der Waals surface area contributed by atoms with E-state index in [4.69, 9.17) is 16.4 Å². The van der Waals surface area contributed by atoms with Gasteiger partial charge < -0.3 is 0 Å². The van der Waals surface area contributed by atoms with Gasteiger partial charge in [-0.25, -0.2) is 8.99 Å². The molecule has 0 fully saturated rings. The van der Waals surface area contributed by atoms with Crippen molar-refractivity contribution in [2.45, 2.75) is 4.90 Å². The van der Waals surface area contributed by atoms with Crippen LogP contribution in [0.15, 0.2) is 29.2 Å². The van der Waals surface area contributed by atoms with Crippen molar-refractivity contribution < 1.29 is 4.21 Å². The summed E-state index contributed by atoms with van der Waals surface area (Å²) >= 11 is 5.61. The van der Waals surface area contributed by atoms with Crippen molar-refractivity contribution >= 4 is 21.3 Å². The van der Waals surface area contributed by atoms with E-state index >= 15 is 0 Å². The van der Waals surface area contributed by atoms with Crippen molar-refractivity contribution in [1.82, 2.24) is 0 Å². The second-order valence-corrected chi connectivity index (χ2v) is 4.89. The van der Waals surface area contributed by atoms with Gasteiger partial charge in [0, 0.05) is 16.2 Å². The Labute approximate surface area is 71.2 Å². The minimum Gasteiger partial charge on any atom is -0.249 e. The largest absolute Gasteiger partial charge is 0.249 e. The molecule has 1 unspecified atom stereocenters. The van der Waals surface area contributed by atoms with Crippen molar-refractivity contribution in [2.75, 3.05) is 6.26 Å². The molecule has 0 amide bonds. The number of hydrogen-bond acceptors (Lipinski definition) is 2. The predicted octanol–water partition coefficient (Wildman–Crippen LogP) is 2.38. The monoisotopic (exact) mass is 189 g/mol. The van der Waals surface area contributed by atoms with Crippen LogP contribution in [0.3, 0.4) is 0 Å². The molecule has 1 rings (SSSR count). The van der Waals surface area contributed by atoms with E-state index in [9.17, 15) is 4.21 Å². The lowest BCUT2D eigenvalue weighted by Crippen LogP contribution is -1.93. The third-order valence-electron chi connectivity index (χ3n) is 1.26. The third-order valence-corrected chi connectivity index (χ3v) is 2.69. The maximum Gasteiger partial charge on any atom is 0.0696 e. The highest BCUT2D eigenvalue weighted by atomic mass is 35.5. The van der Waals surface area contributed by atoms with Gasteiger partial charge in [0.05, 0.1) is 9.73 Å². The maximum absolute atomic E-state index is 11.1. The second-order valence-electron chi connectivity index (χ2n) is 2.30. The molecule has 0 spiro atoms. The molecule has 0 aliphatic rings. The summed E-state index contributed by atoms with van der Waals surface area (Å²) in [6.07, 6.45) is 1.39. The highest BCUT2D eigenvalue weighted by molar-refractivity contribution is 7.91. The summed E-state index contributed by atoms with van der Waals surface area (Å²) in [6, 6.07) is 6.48. The molecule has 0 radical (unpaired) electrons. The molecule has 1 N–H and O–H groups in total. The van der Waals surface area contributed by atoms with Crippen LogP contribution in [0, 0.1) is 4.78 Å². The molecular weight excluding hydrogens is 182 g/mol. The molecule has 0 bridgehead atoms. The van der Waals surface area contributed by atoms with Crippen LogP contribution in [0.4, 0.5) is 0 Å². The maximum atomic E-state index is 11.1. The first-order valence-corrected chi connectivity index (χ1v) is 5.34. The Morgan fingerprint density at radius 3 is 2.18 bits per heavy atom. The Morgan fingerprint density at radius 2 is 1.82 bits per heavy atom. The van der Waals surface area contributed by atoms with Crippen LogP contribution in [-0.2, 0) is 9.73 Å². The van der Waals surface area contributed by atoms with Crippen LogP contribution in [0.25, 0.3) is 0 Å². The molecule has 11 heavy (non-hydrogen) atoms. The van der Waals surface area contributed by atoms with Gasteiger partial charge in [-0.2, -0.15) is 0 Å². The van der Waals surface area contributed by atoms with E-state index in [1.807, 2.05) is 0 Å². The minimum absolute atomic E-state index is 0.516. The molecular formula is C7H8ClNOS. The van der Waals surface area contributed by atoms with Gasteiger partial charge in [0.25, 0.3) is 0 Å². The first kappa shape index (κ1) is 8.56. The van der Waals surface area contributed by atoms with E-state index in [-0.39, 0.29) is 0 Å². The average molecular weight is 190 g/mol. The van der Waals surface area contributed by atoms with Gasteiger partial charge in [0.15, 0.2) is 0 Å². The predicted molar refractivity (Wildman–Crippen MR) is 46.5 cm³/mol. The number of nitrogens with one attached hydrogen (secondary N) is 1. The summed E-state index contributed by atoms with van der Waals surface area (Å²) in [7, 11) is -2.58. The first-order valence-electron chi connectivity index (χ1n) is 2.99. The zero-order chi connectivity index (χ0) is 8.48. The molecule has 1 atom stereocenters. The van der Waals surface area contributed by atoms with E-state index in [0.29, 0.717) is 9.92 Å². The Kier molecular flexibility index (Phi) is 2.20. The Hall–Kier alpha value is -0.540. The second kappa shape index (κ2) is 2.83. The minimum atomic E-state index is -2.58. The third kappa shape index (κ3) is 2.20. The fourth-order valence-electron chi connectivity index (χ4n) is 0.694. The summed E-state index contributed by atoms with van der Waals surface area (Å²) in [5.41, 5.74) is 0. The molecule has 4 heteroatoms. The van der Waals surface area contributed by atoms with Crippen LogP contribution in [-0.4, -0.2) is 10.5 Å². The van der Waals surface area contributed by atoms with Gasteiger partial charge in [-0.05, 0) is 24.3 Å². The molecule has 0 aromatic heterocycles. The Balaban J connectivity index is 3.20. The molecule has 0 aliphatic heterocycles. The van der Waals surface area contributed by atoms with Crippen LogP contribution < -0.4 is 0 Å². The van der Waals surface area contributed by atoms with Crippen LogP contribution in [0.2, 0.25) is 5.02 Å². The first-order chi connectivity index (χ1) is 5.00. The lowest BCUT2D eigenvalue weighted by Gasteiger charge is -1.98. The fraction of sp³-hybridized carbons (Fsp3) is 0.143. The van der Waals surface area contributed by atoms with Crippen LogP contribution in [0.1, 0.15) is 0 Å². The van der Waals surface area contributed by atoms with E-state index in [0.717, 1.165) is 0 Å².